The van der Waals surface area contributed by atoms with Gasteiger partial charge in [-0.2, -0.15) is 0 Å². The number of aromatic nitrogens is 1. The minimum atomic E-state index is -0.127. The van der Waals surface area contributed by atoms with Crippen LogP contribution in [-0.2, 0) is 0 Å². The highest BCUT2D eigenvalue weighted by Gasteiger charge is 2.53. The number of amides is 1. The Morgan fingerprint density at radius 2 is 2.12 bits per heavy atom. The molecular weight excluding hydrogens is 206 g/mol. The van der Waals surface area contributed by atoms with Crippen LogP contribution in [0.5, 0.6) is 0 Å². The standard InChI is InChI=1S/C11H15N3O2/c1-5-10(16-6(2)13-5)11(15)14-9-7-3-12-4-8(7)9/h7-9,12H,3-4H2,1-2H3,(H,14,15). The van der Waals surface area contributed by atoms with Gasteiger partial charge in [-0.15, -0.1) is 0 Å². The minimum absolute atomic E-state index is 0.127. The molecule has 2 unspecified atom stereocenters. The Hall–Kier alpha value is -1.36. The van der Waals surface area contributed by atoms with Crippen molar-refractivity contribution in [2.45, 2.75) is 19.9 Å². The van der Waals surface area contributed by atoms with E-state index in [1.807, 2.05) is 0 Å². The van der Waals surface area contributed by atoms with Gasteiger partial charge in [0, 0.05) is 26.1 Å². The second-order valence-electron chi connectivity index (χ2n) is 4.63. The molecule has 16 heavy (non-hydrogen) atoms. The molecule has 1 aliphatic heterocycles. The average molecular weight is 221 g/mol. The van der Waals surface area contributed by atoms with Crippen molar-refractivity contribution in [2.75, 3.05) is 13.1 Å². The number of piperidine rings is 1. The summed E-state index contributed by atoms with van der Waals surface area (Å²) in [6, 6.07) is 0.332. The maximum Gasteiger partial charge on any atom is 0.289 e. The fourth-order valence-corrected chi connectivity index (χ4v) is 2.59. The molecule has 86 valence electrons. The molecule has 1 aliphatic carbocycles. The molecule has 3 rings (SSSR count). The Kier molecular flexibility index (Phi) is 2.04. The van der Waals surface area contributed by atoms with E-state index in [0.29, 0.717) is 35.2 Å². The average Bonchev–Trinajstić information content (AvgIpc) is 2.66. The maximum atomic E-state index is 11.9. The molecular formula is C11H15N3O2. The Morgan fingerprint density at radius 3 is 2.69 bits per heavy atom. The predicted molar refractivity (Wildman–Crippen MR) is 57.1 cm³/mol. The number of carbonyl (C=O) groups excluding carboxylic acids is 1. The number of hydrogen-bond donors (Lipinski definition) is 2. The summed E-state index contributed by atoms with van der Waals surface area (Å²) in [5.74, 6) is 2.01. The van der Waals surface area contributed by atoms with E-state index in [0.717, 1.165) is 13.1 Å². The van der Waals surface area contributed by atoms with Crippen molar-refractivity contribution in [3.05, 3.63) is 17.3 Å². The molecule has 1 aromatic heterocycles. The molecule has 5 heteroatoms. The van der Waals surface area contributed by atoms with E-state index in [9.17, 15) is 4.79 Å². The van der Waals surface area contributed by atoms with Gasteiger partial charge in [-0.05, 0) is 18.8 Å². The highest BCUT2D eigenvalue weighted by atomic mass is 16.4. The van der Waals surface area contributed by atoms with Gasteiger partial charge < -0.3 is 15.1 Å². The number of carbonyl (C=O) groups is 1. The molecule has 0 aromatic carbocycles. The smallest absolute Gasteiger partial charge is 0.289 e. The van der Waals surface area contributed by atoms with E-state index >= 15 is 0 Å². The Morgan fingerprint density at radius 1 is 1.44 bits per heavy atom. The predicted octanol–water partition coefficient (Wildman–Crippen LogP) is 0.239. The monoisotopic (exact) mass is 221 g/mol. The minimum Gasteiger partial charge on any atom is -0.436 e. The lowest BCUT2D eigenvalue weighted by Gasteiger charge is -2.05. The van der Waals surface area contributed by atoms with Gasteiger partial charge in [-0.1, -0.05) is 0 Å². The molecule has 2 fully saturated rings. The van der Waals surface area contributed by atoms with Gasteiger partial charge in [0.05, 0.1) is 5.69 Å². The van der Waals surface area contributed by atoms with Crippen molar-refractivity contribution in [3.8, 4) is 0 Å². The van der Waals surface area contributed by atoms with E-state index in [2.05, 4.69) is 15.6 Å². The highest BCUT2D eigenvalue weighted by Crippen LogP contribution is 2.41. The fourth-order valence-electron chi connectivity index (χ4n) is 2.59. The van der Waals surface area contributed by atoms with Gasteiger partial charge in [-0.3, -0.25) is 4.79 Å². The summed E-state index contributed by atoms with van der Waals surface area (Å²) < 4.78 is 5.29. The van der Waals surface area contributed by atoms with E-state index in [1.54, 1.807) is 13.8 Å². The van der Waals surface area contributed by atoms with Gasteiger partial charge in [0.15, 0.2) is 5.89 Å². The second-order valence-corrected chi connectivity index (χ2v) is 4.63. The molecule has 0 bridgehead atoms. The molecule has 1 saturated carbocycles. The topological polar surface area (TPSA) is 67.2 Å². The van der Waals surface area contributed by atoms with Gasteiger partial charge in [0.1, 0.15) is 0 Å². The number of nitrogens with one attached hydrogen (secondary N) is 2. The van der Waals surface area contributed by atoms with Crippen molar-refractivity contribution < 1.29 is 9.21 Å². The van der Waals surface area contributed by atoms with Crippen LogP contribution >= 0.6 is 0 Å². The SMILES string of the molecule is Cc1nc(C)c(C(=O)NC2C3CNCC32)o1. The Balaban J connectivity index is 1.68. The van der Waals surface area contributed by atoms with Crippen molar-refractivity contribution in [1.82, 2.24) is 15.6 Å². The lowest BCUT2D eigenvalue weighted by Crippen LogP contribution is -2.32. The Labute approximate surface area is 93.6 Å². The lowest BCUT2D eigenvalue weighted by atomic mass is 10.3. The summed E-state index contributed by atoms with van der Waals surface area (Å²) in [4.78, 5) is 16.0. The number of hydrogen-bond acceptors (Lipinski definition) is 4. The van der Waals surface area contributed by atoms with E-state index in [-0.39, 0.29) is 5.91 Å². The van der Waals surface area contributed by atoms with Gasteiger partial charge in [-0.25, -0.2) is 4.98 Å². The van der Waals surface area contributed by atoms with Gasteiger partial charge in [0.2, 0.25) is 5.76 Å². The third-order valence-electron chi connectivity index (χ3n) is 3.50. The van der Waals surface area contributed by atoms with Gasteiger partial charge in [0.25, 0.3) is 5.91 Å². The first kappa shape index (κ1) is 9.84. The van der Waals surface area contributed by atoms with Crippen LogP contribution in [0.1, 0.15) is 22.1 Å². The third-order valence-corrected chi connectivity index (χ3v) is 3.50. The molecule has 5 nitrogen and oxygen atoms in total. The molecule has 2 heterocycles. The Bertz CT molecular complexity index is 430. The van der Waals surface area contributed by atoms with Crippen LogP contribution in [0.3, 0.4) is 0 Å². The summed E-state index contributed by atoms with van der Waals surface area (Å²) in [7, 11) is 0. The quantitative estimate of drug-likeness (QED) is 0.750. The maximum absolute atomic E-state index is 11.9. The first-order valence-electron chi connectivity index (χ1n) is 5.62. The molecule has 1 aromatic rings. The van der Waals surface area contributed by atoms with E-state index in [1.165, 1.54) is 0 Å². The number of rotatable bonds is 2. The molecule has 2 atom stereocenters. The molecule has 2 aliphatic rings. The van der Waals surface area contributed by atoms with Crippen LogP contribution in [0.15, 0.2) is 4.42 Å². The summed E-state index contributed by atoms with van der Waals surface area (Å²) >= 11 is 0. The van der Waals surface area contributed by atoms with Crippen molar-refractivity contribution in [3.63, 3.8) is 0 Å². The van der Waals surface area contributed by atoms with Crippen LogP contribution in [0.2, 0.25) is 0 Å². The summed E-state index contributed by atoms with van der Waals surface area (Å²) in [5.41, 5.74) is 0.666. The van der Waals surface area contributed by atoms with E-state index < -0.39 is 0 Å². The highest BCUT2D eigenvalue weighted by molar-refractivity contribution is 5.92. The van der Waals surface area contributed by atoms with Crippen molar-refractivity contribution in [2.24, 2.45) is 11.8 Å². The largest absolute Gasteiger partial charge is 0.436 e. The van der Waals surface area contributed by atoms with Crippen LogP contribution in [0, 0.1) is 25.7 Å². The van der Waals surface area contributed by atoms with Crippen LogP contribution in [0.25, 0.3) is 0 Å². The third kappa shape index (κ3) is 1.43. The summed E-state index contributed by atoms with van der Waals surface area (Å²) in [6.07, 6.45) is 0. The molecule has 1 amide bonds. The summed E-state index contributed by atoms with van der Waals surface area (Å²) in [5, 5.41) is 6.31. The second kappa shape index (κ2) is 3.31. The number of nitrogens with zero attached hydrogens (tertiary/aromatic N) is 1. The normalized spacial score (nSPS) is 31.2. The van der Waals surface area contributed by atoms with Crippen LogP contribution in [-0.4, -0.2) is 30.0 Å². The van der Waals surface area contributed by atoms with E-state index in [4.69, 9.17) is 4.42 Å². The first-order valence-corrected chi connectivity index (χ1v) is 5.62. The fraction of sp³-hybridized carbons (Fsp3) is 0.636. The number of oxazole rings is 1. The zero-order chi connectivity index (χ0) is 11.3. The van der Waals surface area contributed by atoms with Crippen LogP contribution in [0.4, 0.5) is 0 Å². The van der Waals surface area contributed by atoms with Crippen molar-refractivity contribution >= 4 is 5.91 Å². The number of aryl methyl sites for hydroxylation is 2. The molecule has 2 N–H and O–H groups in total. The number of fused-ring (bicyclic) bond motifs is 1. The molecule has 0 spiro atoms. The zero-order valence-corrected chi connectivity index (χ0v) is 9.41. The zero-order valence-electron chi connectivity index (χ0n) is 9.41. The molecule has 0 radical (unpaired) electrons. The molecule has 1 saturated heterocycles. The van der Waals surface area contributed by atoms with Crippen LogP contribution < -0.4 is 10.6 Å². The summed E-state index contributed by atoms with van der Waals surface area (Å²) in [6.45, 7) is 5.58. The van der Waals surface area contributed by atoms with Gasteiger partial charge >= 0.3 is 0 Å². The lowest BCUT2D eigenvalue weighted by molar-refractivity contribution is 0.0916. The first-order chi connectivity index (χ1) is 7.66. The van der Waals surface area contributed by atoms with Crippen molar-refractivity contribution in [1.29, 1.82) is 0 Å².